The highest BCUT2D eigenvalue weighted by molar-refractivity contribution is 5.69. The topological polar surface area (TPSA) is 96.0 Å². The van der Waals surface area contributed by atoms with Crippen LogP contribution < -0.4 is 0 Å². The third kappa shape index (κ3) is 12.3. The van der Waals surface area contributed by atoms with Crippen LogP contribution in [0.4, 0.5) is 0 Å². The summed E-state index contributed by atoms with van der Waals surface area (Å²) in [6.07, 6.45) is 0.962. The van der Waals surface area contributed by atoms with Crippen LogP contribution in [0.3, 0.4) is 0 Å². The smallest absolute Gasteiger partial charge is 0.306 e. The summed E-state index contributed by atoms with van der Waals surface area (Å²) in [5, 5.41) is 9.91. The number of aliphatic hydroxyl groups is 1. The van der Waals surface area contributed by atoms with Crippen molar-refractivity contribution in [3.63, 3.8) is 0 Å². The summed E-state index contributed by atoms with van der Waals surface area (Å²) >= 11 is 0. The molecular weight excluding hydrogens is 344 g/mol. The molecule has 1 aliphatic heterocycles. The highest BCUT2D eigenvalue weighted by Crippen LogP contribution is 2.09. The fraction of sp³-hybridized carbons (Fsp3) is 0.833. The quantitative estimate of drug-likeness (QED) is 0.174. The number of esters is 1. The van der Waals surface area contributed by atoms with E-state index >= 15 is 0 Å². The number of aliphatic hydroxyl groups excluding tert-OH is 1. The van der Waals surface area contributed by atoms with E-state index in [-0.39, 0.29) is 50.7 Å². The van der Waals surface area contributed by atoms with Crippen molar-refractivity contribution in [1.29, 1.82) is 0 Å². The standard InChI is InChI=1S/C18H32O8/c1-4-6-7-18(20)26-9-15(19)8-24-16(10-21-11-17-13-25-17)12-23-14(3)22-5-2/h4,14-17,19H,1,5-13H2,2-3H3. The maximum Gasteiger partial charge on any atom is 0.306 e. The first kappa shape index (κ1) is 23.0. The average molecular weight is 376 g/mol. The van der Waals surface area contributed by atoms with Crippen LogP contribution in [-0.2, 0) is 33.2 Å². The normalized spacial score (nSPS) is 19.6. The van der Waals surface area contributed by atoms with Crippen molar-refractivity contribution in [2.75, 3.05) is 46.2 Å². The molecule has 0 saturated carbocycles. The monoisotopic (exact) mass is 376 g/mol. The number of hydrogen-bond acceptors (Lipinski definition) is 8. The Morgan fingerprint density at radius 2 is 2.04 bits per heavy atom. The number of rotatable bonds is 17. The Morgan fingerprint density at radius 1 is 1.27 bits per heavy atom. The Hall–Kier alpha value is -1.03. The molecular formula is C18H32O8. The first-order valence-electron chi connectivity index (χ1n) is 9.03. The molecule has 152 valence electrons. The van der Waals surface area contributed by atoms with Crippen molar-refractivity contribution in [3.05, 3.63) is 12.7 Å². The summed E-state index contributed by atoms with van der Waals surface area (Å²) in [5.41, 5.74) is 0. The summed E-state index contributed by atoms with van der Waals surface area (Å²) in [6, 6.07) is 0. The predicted octanol–water partition coefficient (Wildman–Crippen LogP) is 1.06. The van der Waals surface area contributed by atoms with Gasteiger partial charge in [-0.05, 0) is 20.3 Å². The summed E-state index contributed by atoms with van der Waals surface area (Å²) < 4.78 is 32.1. The van der Waals surface area contributed by atoms with E-state index in [2.05, 4.69) is 6.58 Å². The molecule has 0 aromatic carbocycles. The molecule has 0 aromatic rings. The van der Waals surface area contributed by atoms with Crippen LogP contribution in [0.25, 0.3) is 0 Å². The molecule has 1 N–H and O–H groups in total. The van der Waals surface area contributed by atoms with Crippen LogP contribution in [0.15, 0.2) is 12.7 Å². The number of carbonyl (C=O) groups excluding carboxylic acids is 1. The van der Waals surface area contributed by atoms with E-state index in [0.29, 0.717) is 26.2 Å². The van der Waals surface area contributed by atoms with Crippen LogP contribution in [0.5, 0.6) is 0 Å². The van der Waals surface area contributed by atoms with Gasteiger partial charge >= 0.3 is 5.97 Å². The third-order valence-electron chi connectivity index (χ3n) is 3.44. The molecule has 1 fully saturated rings. The fourth-order valence-corrected chi connectivity index (χ4v) is 1.94. The lowest BCUT2D eigenvalue weighted by Crippen LogP contribution is -2.33. The van der Waals surface area contributed by atoms with Gasteiger partial charge in [-0.25, -0.2) is 0 Å². The van der Waals surface area contributed by atoms with Gasteiger partial charge in [-0.15, -0.1) is 6.58 Å². The first-order chi connectivity index (χ1) is 12.5. The molecule has 0 bridgehead atoms. The third-order valence-corrected chi connectivity index (χ3v) is 3.44. The SMILES string of the molecule is C=CCCC(=O)OCC(O)COC(COCC1CO1)COC(C)OCC. The van der Waals surface area contributed by atoms with Gasteiger partial charge in [-0.3, -0.25) is 4.79 Å². The van der Waals surface area contributed by atoms with Crippen molar-refractivity contribution >= 4 is 5.97 Å². The van der Waals surface area contributed by atoms with Crippen molar-refractivity contribution < 1.29 is 38.3 Å². The van der Waals surface area contributed by atoms with Crippen molar-refractivity contribution in [2.24, 2.45) is 0 Å². The lowest BCUT2D eigenvalue weighted by molar-refractivity contribution is -0.166. The Morgan fingerprint density at radius 3 is 2.69 bits per heavy atom. The second-order valence-corrected chi connectivity index (χ2v) is 5.97. The Labute approximate surface area is 155 Å². The highest BCUT2D eigenvalue weighted by Gasteiger charge is 2.23. The van der Waals surface area contributed by atoms with E-state index < -0.39 is 6.10 Å². The minimum absolute atomic E-state index is 0.00900. The van der Waals surface area contributed by atoms with Gasteiger partial charge in [0.25, 0.3) is 0 Å². The van der Waals surface area contributed by atoms with Crippen LogP contribution in [-0.4, -0.2) is 81.9 Å². The maximum absolute atomic E-state index is 11.4. The van der Waals surface area contributed by atoms with Crippen molar-refractivity contribution in [2.45, 2.75) is 51.3 Å². The van der Waals surface area contributed by atoms with Crippen LogP contribution in [0, 0.1) is 0 Å². The molecule has 1 saturated heterocycles. The molecule has 1 heterocycles. The minimum atomic E-state index is -0.915. The van der Waals surface area contributed by atoms with E-state index in [0.717, 1.165) is 6.61 Å². The van der Waals surface area contributed by atoms with Gasteiger partial charge in [0.2, 0.25) is 0 Å². The van der Waals surface area contributed by atoms with Gasteiger partial charge in [0.05, 0.1) is 33.0 Å². The second-order valence-electron chi connectivity index (χ2n) is 5.97. The zero-order valence-electron chi connectivity index (χ0n) is 15.8. The van der Waals surface area contributed by atoms with E-state index in [1.165, 1.54) is 0 Å². The molecule has 0 aromatic heterocycles. The van der Waals surface area contributed by atoms with E-state index in [1.807, 2.05) is 6.92 Å². The maximum atomic E-state index is 11.4. The Balaban J connectivity index is 2.24. The van der Waals surface area contributed by atoms with Gasteiger partial charge in [0.15, 0.2) is 6.29 Å². The number of allylic oxidation sites excluding steroid dienone is 1. The van der Waals surface area contributed by atoms with Crippen molar-refractivity contribution in [1.82, 2.24) is 0 Å². The highest BCUT2D eigenvalue weighted by atomic mass is 16.7. The molecule has 1 rings (SSSR count). The largest absolute Gasteiger partial charge is 0.463 e. The number of hydrogen-bond donors (Lipinski definition) is 1. The molecule has 26 heavy (non-hydrogen) atoms. The van der Waals surface area contributed by atoms with Gasteiger partial charge in [0.1, 0.15) is 24.9 Å². The van der Waals surface area contributed by atoms with Gasteiger partial charge in [-0.2, -0.15) is 0 Å². The van der Waals surface area contributed by atoms with Gasteiger partial charge in [0, 0.05) is 13.0 Å². The molecule has 4 atom stereocenters. The predicted molar refractivity (Wildman–Crippen MR) is 93.7 cm³/mol. The van der Waals surface area contributed by atoms with Crippen LogP contribution in [0.1, 0.15) is 26.7 Å². The minimum Gasteiger partial charge on any atom is -0.463 e. The zero-order chi connectivity index (χ0) is 19.2. The molecule has 0 amide bonds. The van der Waals surface area contributed by atoms with Crippen molar-refractivity contribution in [3.8, 4) is 0 Å². The average Bonchev–Trinajstić information content (AvgIpc) is 3.44. The van der Waals surface area contributed by atoms with E-state index in [1.54, 1.807) is 13.0 Å². The number of ether oxygens (including phenoxy) is 6. The molecule has 8 heteroatoms. The summed E-state index contributed by atoms with van der Waals surface area (Å²) in [7, 11) is 0. The molecule has 0 radical (unpaired) electrons. The van der Waals surface area contributed by atoms with Gasteiger partial charge < -0.3 is 33.5 Å². The molecule has 1 aliphatic rings. The van der Waals surface area contributed by atoms with E-state index in [4.69, 9.17) is 28.4 Å². The van der Waals surface area contributed by atoms with Crippen LogP contribution in [0.2, 0.25) is 0 Å². The van der Waals surface area contributed by atoms with Gasteiger partial charge in [-0.1, -0.05) is 6.08 Å². The summed E-state index contributed by atoms with van der Waals surface area (Å²) in [5.74, 6) is -0.373. The lowest BCUT2D eigenvalue weighted by atomic mass is 10.3. The second kappa shape index (κ2) is 14.1. The lowest BCUT2D eigenvalue weighted by Gasteiger charge is -2.22. The summed E-state index contributed by atoms with van der Waals surface area (Å²) in [4.78, 5) is 11.4. The molecule has 8 nitrogen and oxygen atoms in total. The fourth-order valence-electron chi connectivity index (χ4n) is 1.94. The number of epoxide rings is 1. The molecule has 0 aliphatic carbocycles. The zero-order valence-corrected chi connectivity index (χ0v) is 15.8. The molecule has 4 unspecified atom stereocenters. The number of carbonyl (C=O) groups is 1. The Bertz CT molecular complexity index is 385. The summed E-state index contributed by atoms with van der Waals surface area (Å²) in [6.45, 7) is 9.48. The molecule has 0 spiro atoms. The Kier molecular flexibility index (Phi) is 12.5. The van der Waals surface area contributed by atoms with Crippen LogP contribution >= 0.6 is 0 Å². The van der Waals surface area contributed by atoms with E-state index in [9.17, 15) is 9.90 Å². The first-order valence-corrected chi connectivity index (χ1v) is 9.03.